The number of hydrogen-bond acceptors (Lipinski definition) is 2. The molecular weight excluding hydrogens is 391 g/mol. The van der Waals surface area contributed by atoms with Gasteiger partial charge in [-0.2, -0.15) is 0 Å². The van der Waals surface area contributed by atoms with Gasteiger partial charge in [-0.25, -0.2) is 4.39 Å². The minimum Gasteiger partial charge on any atom is -0.354 e. The van der Waals surface area contributed by atoms with Crippen molar-refractivity contribution in [2.45, 2.75) is 46.2 Å². The summed E-state index contributed by atoms with van der Waals surface area (Å²) in [5.41, 5.74) is 1.47. The van der Waals surface area contributed by atoms with Gasteiger partial charge in [0, 0.05) is 18.1 Å². The molecule has 1 atom stereocenters. The Bertz CT molecular complexity index is 824. The summed E-state index contributed by atoms with van der Waals surface area (Å²) in [6.07, 6.45) is 0.564. The maximum absolute atomic E-state index is 13.3. The molecule has 2 aromatic carbocycles. The average Bonchev–Trinajstić information content (AvgIpc) is 2.69. The van der Waals surface area contributed by atoms with Crippen molar-refractivity contribution in [1.82, 2.24) is 10.2 Å². The van der Waals surface area contributed by atoms with Crippen molar-refractivity contribution in [3.8, 4) is 0 Å². The fourth-order valence-electron chi connectivity index (χ4n) is 3.03. The molecule has 6 heteroatoms. The van der Waals surface area contributed by atoms with Gasteiger partial charge in [0.25, 0.3) is 0 Å². The average molecular weight is 419 g/mol. The van der Waals surface area contributed by atoms with Gasteiger partial charge in [-0.15, -0.1) is 0 Å². The van der Waals surface area contributed by atoms with Gasteiger partial charge in [-0.1, -0.05) is 62.7 Å². The van der Waals surface area contributed by atoms with Crippen LogP contribution in [-0.2, 0) is 22.6 Å². The van der Waals surface area contributed by atoms with E-state index in [-0.39, 0.29) is 30.6 Å². The molecule has 2 rings (SSSR count). The van der Waals surface area contributed by atoms with Crippen LogP contribution in [0, 0.1) is 11.7 Å². The maximum atomic E-state index is 13.3. The molecule has 0 aromatic heterocycles. The van der Waals surface area contributed by atoms with Crippen molar-refractivity contribution in [3.05, 3.63) is 70.5 Å². The van der Waals surface area contributed by atoms with Crippen LogP contribution in [0.4, 0.5) is 4.39 Å². The zero-order chi connectivity index (χ0) is 21.4. The van der Waals surface area contributed by atoms with Crippen LogP contribution in [0.3, 0.4) is 0 Å². The van der Waals surface area contributed by atoms with Crippen LogP contribution >= 0.6 is 11.6 Å². The van der Waals surface area contributed by atoms with Gasteiger partial charge in [0.2, 0.25) is 11.8 Å². The van der Waals surface area contributed by atoms with Crippen molar-refractivity contribution in [3.63, 3.8) is 0 Å². The molecule has 0 heterocycles. The lowest BCUT2D eigenvalue weighted by molar-refractivity contribution is -0.141. The molecule has 0 aliphatic rings. The first-order valence-electron chi connectivity index (χ1n) is 9.86. The molecule has 0 aliphatic carbocycles. The van der Waals surface area contributed by atoms with E-state index in [1.807, 2.05) is 26.8 Å². The highest BCUT2D eigenvalue weighted by Crippen LogP contribution is 2.19. The van der Waals surface area contributed by atoms with Crippen molar-refractivity contribution in [2.24, 2.45) is 5.92 Å². The summed E-state index contributed by atoms with van der Waals surface area (Å²) < 4.78 is 13.3. The van der Waals surface area contributed by atoms with E-state index in [0.717, 1.165) is 5.56 Å². The summed E-state index contributed by atoms with van der Waals surface area (Å²) in [7, 11) is 0. The normalized spacial score (nSPS) is 11.9. The molecule has 29 heavy (non-hydrogen) atoms. The number of rotatable bonds is 9. The lowest BCUT2D eigenvalue weighted by atomic mass is 10.1. The summed E-state index contributed by atoms with van der Waals surface area (Å²) in [4.78, 5) is 27.6. The molecule has 0 radical (unpaired) electrons. The Morgan fingerprint density at radius 2 is 1.76 bits per heavy atom. The second-order valence-corrected chi connectivity index (χ2v) is 7.89. The number of nitrogens with one attached hydrogen (secondary N) is 1. The smallest absolute Gasteiger partial charge is 0.242 e. The lowest BCUT2D eigenvalue weighted by Gasteiger charge is -2.31. The van der Waals surface area contributed by atoms with Gasteiger partial charge in [0.1, 0.15) is 11.9 Å². The van der Waals surface area contributed by atoms with E-state index in [1.165, 1.54) is 12.1 Å². The minimum absolute atomic E-state index is 0.0921. The Kier molecular flexibility index (Phi) is 8.65. The highest BCUT2D eigenvalue weighted by Gasteiger charge is 2.29. The van der Waals surface area contributed by atoms with Crippen LogP contribution in [-0.4, -0.2) is 29.3 Å². The fourth-order valence-corrected chi connectivity index (χ4v) is 3.24. The molecule has 0 unspecified atom stereocenters. The van der Waals surface area contributed by atoms with Crippen molar-refractivity contribution in [1.29, 1.82) is 0 Å². The first-order chi connectivity index (χ1) is 13.8. The first-order valence-corrected chi connectivity index (χ1v) is 10.2. The SMILES string of the molecule is CC[C@H](C(=O)NCC(C)C)N(Cc1ccc(F)cc1)C(=O)Cc1ccccc1Cl. The summed E-state index contributed by atoms with van der Waals surface area (Å²) >= 11 is 6.22. The van der Waals surface area contributed by atoms with Crippen LogP contribution in [0.5, 0.6) is 0 Å². The molecule has 4 nitrogen and oxygen atoms in total. The molecule has 0 saturated heterocycles. The molecule has 2 aromatic rings. The Morgan fingerprint density at radius 1 is 1.10 bits per heavy atom. The Hall–Kier alpha value is -2.40. The van der Waals surface area contributed by atoms with Gasteiger partial charge in [0.05, 0.1) is 6.42 Å². The number of carbonyl (C=O) groups excluding carboxylic acids is 2. The van der Waals surface area contributed by atoms with E-state index < -0.39 is 6.04 Å². The predicted molar refractivity (Wildman–Crippen MR) is 114 cm³/mol. The van der Waals surface area contributed by atoms with Crippen LogP contribution in [0.15, 0.2) is 48.5 Å². The second kappa shape index (κ2) is 11.0. The van der Waals surface area contributed by atoms with Crippen molar-refractivity contribution in [2.75, 3.05) is 6.54 Å². The molecular formula is C23H28ClFN2O2. The van der Waals surface area contributed by atoms with Crippen LogP contribution < -0.4 is 5.32 Å². The van der Waals surface area contributed by atoms with E-state index in [0.29, 0.717) is 29.5 Å². The molecule has 0 aliphatic heterocycles. The first kappa shape index (κ1) is 22.9. The summed E-state index contributed by atoms with van der Waals surface area (Å²) in [5, 5.41) is 3.43. The Balaban J connectivity index is 2.27. The lowest BCUT2D eigenvalue weighted by Crippen LogP contribution is -2.50. The Morgan fingerprint density at radius 3 is 2.34 bits per heavy atom. The molecule has 0 spiro atoms. The third kappa shape index (κ3) is 6.86. The van der Waals surface area contributed by atoms with Gasteiger partial charge < -0.3 is 10.2 Å². The molecule has 0 bridgehead atoms. The predicted octanol–water partition coefficient (Wildman–Crippen LogP) is 4.60. The molecule has 1 N–H and O–H groups in total. The van der Waals surface area contributed by atoms with E-state index >= 15 is 0 Å². The Labute approximate surface area is 177 Å². The zero-order valence-electron chi connectivity index (χ0n) is 17.1. The van der Waals surface area contributed by atoms with Crippen LogP contribution in [0.2, 0.25) is 5.02 Å². The third-order valence-electron chi connectivity index (χ3n) is 4.64. The number of benzene rings is 2. The number of amides is 2. The zero-order valence-corrected chi connectivity index (χ0v) is 17.9. The number of halogens is 2. The molecule has 0 saturated carbocycles. The standard InChI is InChI=1S/C23H28ClFN2O2/c1-4-21(23(29)26-14-16(2)3)27(15-17-9-11-19(25)12-10-17)22(28)13-18-7-5-6-8-20(18)24/h5-12,16,21H,4,13-15H2,1-3H3,(H,26,29)/t21-/m1/s1. The number of carbonyl (C=O) groups is 2. The van der Waals surface area contributed by atoms with E-state index in [1.54, 1.807) is 35.2 Å². The largest absolute Gasteiger partial charge is 0.354 e. The van der Waals surface area contributed by atoms with Crippen LogP contribution in [0.25, 0.3) is 0 Å². The van der Waals surface area contributed by atoms with Crippen molar-refractivity contribution >= 4 is 23.4 Å². The minimum atomic E-state index is -0.617. The summed E-state index contributed by atoms with van der Waals surface area (Å²) in [6, 6.07) is 12.5. The highest BCUT2D eigenvalue weighted by molar-refractivity contribution is 6.31. The molecule has 2 amide bonds. The number of hydrogen-bond donors (Lipinski definition) is 1. The third-order valence-corrected chi connectivity index (χ3v) is 5.00. The molecule has 156 valence electrons. The van der Waals surface area contributed by atoms with Gasteiger partial charge in [-0.05, 0) is 41.7 Å². The highest BCUT2D eigenvalue weighted by atomic mass is 35.5. The van der Waals surface area contributed by atoms with Gasteiger partial charge >= 0.3 is 0 Å². The van der Waals surface area contributed by atoms with Crippen molar-refractivity contribution < 1.29 is 14.0 Å². The quantitative estimate of drug-likeness (QED) is 0.646. The number of nitrogens with zero attached hydrogens (tertiary/aromatic N) is 1. The van der Waals surface area contributed by atoms with Crippen LogP contribution in [0.1, 0.15) is 38.3 Å². The fraction of sp³-hybridized carbons (Fsp3) is 0.391. The van der Waals surface area contributed by atoms with E-state index in [9.17, 15) is 14.0 Å². The monoisotopic (exact) mass is 418 g/mol. The van der Waals surface area contributed by atoms with E-state index in [4.69, 9.17) is 11.6 Å². The van der Waals surface area contributed by atoms with Gasteiger partial charge in [-0.3, -0.25) is 9.59 Å². The topological polar surface area (TPSA) is 49.4 Å². The second-order valence-electron chi connectivity index (χ2n) is 7.48. The van der Waals surface area contributed by atoms with E-state index in [2.05, 4.69) is 5.32 Å². The van der Waals surface area contributed by atoms with Gasteiger partial charge in [0.15, 0.2) is 0 Å². The summed E-state index contributed by atoms with van der Waals surface area (Å²) in [5.74, 6) is -0.421. The molecule has 0 fully saturated rings. The maximum Gasteiger partial charge on any atom is 0.242 e. The summed E-state index contributed by atoms with van der Waals surface area (Å²) in [6.45, 7) is 6.66.